The molecular formula is C13H26. The van der Waals surface area contributed by atoms with Gasteiger partial charge in [-0.2, -0.15) is 0 Å². The minimum atomic E-state index is 0.906. The molecule has 0 amide bonds. The van der Waals surface area contributed by atoms with Gasteiger partial charge < -0.3 is 0 Å². The molecule has 0 aromatic heterocycles. The van der Waals surface area contributed by atoms with Gasteiger partial charge in [-0.15, -0.1) is 0 Å². The third kappa shape index (κ3) is 3.32. The van der Waals surface area contributed by atoms with Crippen molar-refractivity contribution in [3.05, 3.63) is 0 Å². The molecule has 1 atom stereocenters. The van der Waals surface area contributed by atoms with Crippen LogP contribution in [0.3, 0.4) is 0 Å². The Balaban J connectivity index is 2.41. The van der Waals surface area contributed by atoms with Gasteiger partial charge in [0.05, 0.1) is 0 Å². The van der Waals surface area contributed by atoms with Gasteiger partial charge in [0, 0.05) is 0 Å². The van der Waals surface area contributed by atoms with Gasteiger partial charge in [-0.3, -0.25) is 0 Å². The monoisotopic (exact) mass is 182 g/mol. The van der Waals surface area contributed by atoms with Crippen molar-refractivity contribution in [1.29, 1.82) is 0 Å². The first-order valence-corrected chi connectivity index (χ1v) is 6.25. The van der Waals surface area contributed by atoms with Gasteiger partial charge in [-0.25, -0.2) is 0 Å². The molecule has 0 saturated heterocycles. The molecule has 0 spiro atoms. The summed E-state index contributed by atoms with van der Waals surface area (Å²) >= 11 is 0. The lowest BCUT2D eigenvalue weighted by Gasteiger charge is -2.32. The van der Waals surface area contributed by atoms with E-state index >= 15 is 0 Å². The number of hydrogen-bond donors (Lipinski definition) is 0. The van der Waals surface area contributed by atoms with E-state index in [9.17, 15) is 0 Å². The van der Waals surface area contributed by atoms with Crippen molar-refractivity contribution >= 4 is 0 Å². The minimum absolute atomic E-state index is 0.906. The summed E-state index contributed by atoms with van der Waals surface area (Å²) in [6, 6.07) is 0. The maximum absolute atomic E-state index is 2.41. The van der Waals surface area contributed by atoms with Crippen LogP contribution in [0.25, 0.3) is 0 Å². The zero-order valence-electron chi connectivity index (χ0n) is 9.68. The molecule has 0 unspecified atom stereocenters. The largest absolute Gasteiger partial charge is 0.0654 e. The average Bonchev–Trinajstić information content (AvgIpc) is 2.15. The van der Waals surface area contributed by atoms with Crippen LogP contribution in [0.15, 0.2) is 0 Å². The second-order valence-electron chi connectivity index (χ2n) is 5.09. The van der Waals surface area contributed by atoms with Gasteiger partial charge in [0.1, 0.15) is 0 Å². The highest BCUT2D eigenvalue weighted by Crippen LogP contribution is 2.36. The summed E-state index contributed by atoms with van der Waals surface area (Å²) in [4.78, 5) is 0. The Morgan fingerprint density at radius 2 is 1.69 bits per heavy atom. The third-order valence-corrected chi connectivity index (χ3v) is 3.73. The molecule has 1 rings (SSSR count). The van der Waals surface area contributed by atoms with Crippen LogP contribution < -0.4 is 0 Å². The van der Waals surface area contributed by atoms with Crippen LogP contribution in [0.2, 0.25) is 0 Å². The van der Waals surface area contributed by atoms with E-state index in [2.05, 4.69) is 20.8 Å². The maximum atomic E-state index is 2.41. The summed E-state index contributed by atoms with van der Waals surface area (Å²) in [5, 5.41) is 0. The molecule has 0 heteroatoms. The summed E-state index contributed by atoms with van der Waals surface area (Å²) in [5.74, 6) is 2.99. The van der Waals surface area contributed by atoms with Crippen LogP contribution in [0, 0.1) is 17.8 Å². The zero-order chi connectivity index (χ0) is 9.68. The van der Waals surface area contributed by atoms with Gasteiger partial charge in [0.15, 0.2) is 0 Å². The normalized spacial score (nSPS) is 22.2. The van der Waals surface area contributed by atoms with E-state index in [4.69, 9.17) is 0 Å². The Bertz CT molecular complexity index is 120. The fourth-order valence-corrected chi connectivity index (χ4v) is 3.01. The smallest absolute Gasteiger partial charge is 0.0363 e. The van der Waals surface area contributed by atoms with Gasteiger partial charge in [0.2, 0.25) is 0 Å². The van der Waals surface area contributed by atoms with Gasteiger partial charge in [0.25, 0.3) is 0 Å². The molecule has 13 heavy (non-hydrogen) atoms. The fourth-order valence-electron chi connectivity index (χ4n) is 3.01. The van der Waals surface area contributed by atoms with Crippen LogP contribution in [0.1, 0.15) is 65.7 Å². The lowest BCUT2D eigenvalue weighted by Crippen LogP contribution is -2.22. The summed E-state index contributed by atoms with van der Waals surface area (Å²) in [5.41, 5.74) is 0. The summed E-state index contributed by atoms with van der Waals surface area (Å²) in [7, 11) is 0. The van der Waals surface area contributed by atoms with E-state index in [1.807, 2.05) is 0 Å². The Morgan fingerprint density at radius 3 is 2.15 bits per heavy atom. The molecule has 78 valence electrons. The van der Waals surface area contributed by atoms with Crippen molar-refractivity contribution in [1.82, 2.24) is 0 Å². The topological polar surface area (TPSA) is 0 Å². The molecule has 1 aliphatic rings. The highest BCUT2D eigenvalue weighted by atomic mass is 14.3. The highest BCUT2D eigenvalue weighted by molar-refractivity contribution is 4.75. The van der Waals surface area contributed by atoms with Crippen LogP contribution >= 0.6 is 0 Å². The van der Waals surface area contributed by atoms with E-state index < -0.39 is 0 Å². The van der Waals surface area contributed by atoms with Crippen molar-refractivity contribution < 1.29 is 0 Å². The Hall–Kier alpha value is 0. The van der Waals surface area contributed by atoms with E-state index in [0.717, 1.165) is 17.8 Å². The Labute approximate surface area is 84.1 Å². The second kappa shape index (κ2) is 5.67. The van der Waals surface area contributed by atoms with E-state index in [1.165, 1.54) is 44.9 Å². The van der Waals surface area contributed by atoms with Crippen LogP contribution in [-0.4, -0.2) is 0 Å². The first-order valence-electron chi connectivity index (χ1n) is 6.25. The lowest BCUT2D eigenvalue weighted by molar-refractivity contribution is 0.183. The quantitative estimate of drug-likeness (QED) is 0.594. The van der Waals surface area contributed by atoms with Gasteiger partial charge >= 0.3 is 0 Å². The first kappa shape index (κ1) is 11.1. The fraction of sp³-hybridized carbons (Fsp3) is 1.00. The highest BCUT2D eigenvalue weighted by Gasteiger charge is 2.24. The van der Waals surface area contributed by atoms with Crippen LogP contribution in [0.4, 0.5) is 0 Å². The van der Waals surface area contributed by atoms with E-state index in [1.54, 1.807) is 0 Å². The van der Waals surface area contributed by atoms with E-state index in [-0.39, 0.29) is 0 Å². The molecule has 1 fully saturated rings. The summed E-state index contributed by atoms with van der Waals surface area (Å²) in [6.07, 6.45) is 10.4. The standard InChI is InChI=1S/C13H26/c1-4-8-13(11(2)3)12-9-6-5-7-10-12/h11-13H,4-10H2,1-3H3/t13-/m0/s1. The first-order chi connectivity index (χ1) is 6.25. The average molecular weight is 182 g/mol. The molecular weight excluding hydrogens is 156 g/mol. The molecule has 1 saturated carbocycles. The summed E-state index contributed by atoms with van der Waals surface area (Å²) < 4.78 is 0. The van der Waals surface area contributed by atoms with Gasteiger partial charge in [-0.05, 0) is 17.8 Å². The predicted molar refractivity (Wildman–Crippen MR) is 59.8 cm³/mol. The lowest BCUT2D eigenvalue weighted by atomic mass is 9.73. The van der Waals surface area contributed by atoms with Crippen molar-refractivity contribution in [2.24, 2.45) is 17.8 Å². The van der Waals surface area contributed by atoms with E-state index in [0.29, 0.717) is 0 Å². The summed E-state index contributed by atoms with van der Waals surface area (Å²) in [6.45, 7) is 7.15. The molecule has 0 aliphatic heterocycles. The molecule has 0 N–H and O–H groups in total. The molecule has 0 nitrogen and oxygen atoms in total. The predicted octanol–water partition coefficient (Wildman–Crippen LogP) is 4.64. The molecule has 0 bridgehead atoms. The van der Waals surface area contributed by atoms with Gasteiger partial charge in [-0.1, -0.05) is 65.7 Å². The maximum Gasteiger partial charge on any atom is -0.0363 e. The number of hydrogen-bond acceptors (Lipinski definition) is 0. The van der Waals surface area contributed by atoms with Crippen molar-refractivity contribution in [2.75, 3.05) is 0 Å². The van der Waals surface area contributed by atoms with Crippen LogP contribution in [-0.2, 0) is 0 Å². The zero-order valence-corrected chi connectivity index (χ0v) is 9.68. The minimum Gasteiger partial charge on any atom is -0.0654 e. The third-order valence-electron chi connectivity index (χ3n) is 3.73. The molecule has 0 heterocycles. The number of rotatable bonds is 4. The Morgan fingerprint density at radius 1 is 1.08 bits per heavy atom. The van der Waals surface area contributed by atoms with Crippen molar-refractivity contribution in [3.63, 3.8) is 0 Å². The molecule has 1 aliphatic carbocycles. The van der Waals surface area contributed by atoms with Crippen molar-refractivity contribution in [3.8, 4) is 0 Å². The van der Waals surface area contributed by atoms with Crippen LogP contribution in [0.5, 0.6) is 0 Å². The van der Waals surface area contributed by atoms with Crippen molar-refractivity contribution in [2.45, 2.75) is 65.7 Å². The SMILES string of the molecule is CCC[C@@H](C(C)C)C1CCCCC1. The molecule has 0 aromatic carbocycles. The Kier molecular flexibility index (Phi) is 4.83. The molecule has 0 radical (unpaired) electrons. The molecule has 0 aromatic rings. The second-order valence-corrected chi connectivity index (χ2v) is 5.09.